The van der Waals surface area contributed by atoms with Gasteiger partial charge in [0, 0.05) is 12.8 Å². The summed E-state index contributed by atoms with van der Waals surface area (Å²) in [7, 11) is 0. The van der Waals surface area contributed by atoms with Crippen molar-refractivity contribution in [2.24, 2.45) is 5.92 Å². The highest BCUT2D eigenvalue weighted by Gasteiger charge is 2.13. The van der Waals surface area contributed by atoms with E-state index in [1.807, 2.05) is 24.3 Å². The fraction of sp³-hybridized carbons (Fsp3) is 0.438. The zero-order valence-corrected chi connectivity index (χ0v) is 11.9. The van der Waals surface area contributed by atoms with E-state index in [0.717, 1.165) is 0 Å². The molecule has 0 heterocycles. The highest BCUT2D eigenvalue weighted by Crippen LogP contribution is 2.28. The highest BCUT2D eigenvalue weighted by atomic mass is 16.5. The maximum absolute atomic E-state index is 10.9. The van der Waals surface area contributed by atoms with E-state index in [0.29, 0.717) is 17.6 Å². The van der Waals surface area contributed by atoms with Gasteiger partial charge in [-0.15, -0.1) is 0 Å². The quantitative estimate of drug-likeness (QED) is 0.449. The molecule has 2 heteroatoms. The lowest BCUT2D eigenvalue weighted by atomic mass is 9.87. The monoisotopic (exact) mass is 246 g/mol. The standard InChI is InChI=1S/C16H22O2/c1-11(2)10-16(12(3)4)14-6-8-15(9-7-14)18-13(5)17/h6-10,12,16H,1-5H3. The predicted molar refractivity (Wildman–Crippen MR) is 74.8 cm³/mol. The van der Waals surface area contributed by atoms with Crippen molar-refractivity contribution in [3.05, 3.63) is 41.5 Å². The Balaban J connectivity index is 2.94. The molecule has 2 nitrogen and oxygen atoms in total. The van der Waals surface area contributed by atoms with Gasteiger partial charge in [-0.25, -0.2) is 0 Å². The summed E-state index contributed by atoms with van der Waals surface area (Å²) in [5, 5.41) is 0. The van der Waals surface area contributed by atoms with Crippen molar-refractivity contribution in [1.82, 2.24) is 0 Å². The van der Waals surface area contributed by atoms with Crippen molar-refractivity contribution >= 4 is 5.97 Å². The molecule has 1 rings (SSSR count). The topological polar surface area (TPSA) is 26.3 Å². The molecule has 0 aliphatic carbocycles. The van der Waals surface area contributed by atoms with Gasteiger partial charge >= 0.3 is 5.97 Å². The van der Waals surface area contributed by atoms with Crippen LogP contribution in [0, 0.1) is 5.92 Å². The van der Waals surface area contributed by atoms with Gasteiger partial charge in [-0.2, -0.15) is 0 Å². The first kappa shape index (κ1) is 14.5. The zero-order valence-electron chi connectivity index (χ0n) is 11.9. The summed E-state index contributed by atoms with van der Waals surface area (Å²) in [6.07, 6.45) is 2.28. The van der Waals surface area contributed by atoms with Gasteiger partial charge in [0.1, 0.15) is 5.75 Å². The average molecular weight is 246 g/mol. The number of ether oxygens (including phenoxy) is 1. The molecular weight excluding hydrogens is 224 g/mol. The van der Waals surface area contributed by atoms with Crippen molar-refractivity contribution < 1.29 is 9.53 Å². The van der Waals surface area contributed by atoms with Gasteiger partial charge in [0.15, 0.2) is 0 Å². The van der Waals surface area contributed by atoms with E-state index >= 15 is 0 Å². The van der Waals surface area contributed by atoms with Crippen LogP contribution >= 0.6 is 0 Å². The smallest absolute Gasteiger partial charge is 0.308 e. The zero-order chi connectivity index (χ0) is 13.7. The maximum Gasteiger partial charge on any atom is 0.308 e. The molecule has 0 bridgehead atoms. The second-order valence-electron chi connectivity index (χ2n) is 5.18. The summed E-state index contributed by atoms with van der Waals surface area (Å²) in [6, 6.07) is 7.76. The van der Waals surface area contributed by atoms with Crippen LogP contribution in [0.2, 0.25) is 0 Å². The summed E-state index contributed by atoms with van der Waals surface area (Å²) in [5.41, 5.74) is 2.57. The van der Waals surface area contributed by atoms with Crippen molar-refractivity contribution in [2.45, 2.75) is 40.5 Å². The van der Waals surface area contributed by atoms with Crippen LogP contribution in [0.1, 0.15) is 46.1 Å². The molecule has 98 valence electrons. The van der Waals surface area contributed by atoms with Crippen LogP contribution in [0.25, 0.3) is 0 Å². The molecule has 0 radical (unpaired) electrons. The fourth-order valence-electron chi connectivity index (χ4n) is 1.96. The molecule has 0 saturated heterocycles. The molecule has 18 heavy (non-hydrogen) atoms. The number of rotatable bonds is 4. The molecule has 0 aliphatic rings. The van der Waals surface area contributed by atoms with Crippen LogP contribution in [0.3, 0.4) is 0 Å². The van der Waals surface area contributed by atoms with E-state index in [2.05, 4.69) is 33.8 Å². The number of hydrogen-bond acceptors (Lipinski definition) is 2. The van der Waals surface area contributed by atoms with E-state index < -0.39 is 0 Å². The number of benzene rings is 1. The van der Waals surface area contributed by atoms with Gasteiger partial charge in [-0.3, -0.25) is 4.79 Å². The van der Waals surface area contributed by atoms with Gasteiger partial charge in [0.25, 0.3) is 0 Å². The van der Waals surface area contributed by atoms with E-state index in [-0.39, 0.29) is 5.97 Å². The molecule has 1 aromatic carbocycles. The molecule has 0 spiro atoms. The van der Waals surface area contributed by atoms with Crippen LogP contribution in [-0.4, -0.2) is 5.97 Å². The van der Waals surface area contributed by atoms with Crippen LogP contribution in [0.15, 0.2) is 35.9 Å². The SMILES string of the molecule is CC(=O)Oc1ccc(C(C=C(C)C)C(C)C)cc1. The Bertz CT molecular complexity index is 423. The predicted octanol–water partition coefficient (Wildman–Crippen LogP) is 4.32. The highest BCUT2D eigenvalue weighted by molar-refractivity contribution is 5.69. The normalized spacial score (nSPS) is 12.1. The summed E-state index contributed by atoms with van der Waals surface area (Å²) in [4.78, 5) is 10.9. The third-order valence-corrected chi connectivity index (χ3v) is 2.76. The van der Waals surface area contributed by atoms with Crippen LogP contribution in [0.4, 0.5) is 0 Å². The maximum atomic E-state index is 10.9. The van der Waals surface area contributed by atoms with Crippen molar-refractivity contribution in [3.8, 4) is 5.75 Å². The summed E-state index contributed by atoms with van der Waals surface area (Å²) >= 11 is 0. The van der Waals surface area contributed by atoms with Gasteiger partial charge < -0.3 is 4.74 Å². The van der Waals surface area contributed by atoms with Gasteiger partial charge in [0.05, 0.1) is 0 Å². The fourth-order valence-corrected chi connectivity index (χ4v) is 1.96. The third-order valence-electron chi connectivity index (χ3n) is 2.76. The molecule has 1 atom stereocenters. The van der Waals surface area contributed by atoms with E-state index in [1.165, 1.54) is 18.1 Å². The number of hydrogen-bond donors (Lipinski definition) is 0. The Morgan fingerprint density at radius 2 is 1.67 bits per heavy atom. The molecular formula is C16H22O2. The number of esters is 1. The third kappa shape index (κ3) is 4.36. The molecule has 0 aliphatic heterocycles. The van der Waals surface area contributed by atoms with Crippen molar-refractivity contribution in [3.63, 3.8) is 0 Å². The minimum Gasteiger partial charge on any atom is -0.427 e. The lowest BCUT2D eigenvalue weighted by molar-refractivity contribution is -0.131. The van der Waals surface area contributed by atoms with Gasteiger partial charge in [-0.1, -0.05) is 37.6 Å². The molecule has 0 N–H and O–H groups in total. The van der Waals surface area contributed by atoms with Crippen LogP contribution in [0.5, 0.6) is 5.75 Å². The van der Waals surface area contributed by atoms with Crippen LogP contribution < -0.4 is 4.74 Å². The van der Waals surface area contributed by atoms with E-state index in [1.54, 1.807) is 0 Å². The largest absolute Gasteiger partial charge is 0.427 e. The van der Waals surface area contributed by atoms with E-state index in [9.17, 15) is 4.79 Å². The lowest BCUT2D eigenvalue weighted by Gasteiger charge is -2.18. The van der Waals surface area contributed by atoms with Crippen molar-refractivity contribution in [2.75, 3.05) is 0 Å². The first-order chi connectivity index (χ1) is 8.40. The Morgan fingerprint density at radius 3 is 2.06 bits per heavy atom. The molecule has 0 fully saturated rings. The number of allylic oxidation sites excluding steroid dienone is 2. The van der Waals surface area contributed by atoms with Crippen LogP contribution in [-0.2, 0) is 4.79 Å². The molecule has 0 saturated carbocycles. The minimum atomic E-state index is -0.285. The molecule has 0 aromatic heterocycles. The summed E-state index contributed by atoms with van der Waals surface area (Å²) < 4.78 is 5.04. The van der Waals surface area contributed by atoms with Crippen molar-refractivity contribution in [1.29, 1.82) is 0 Å². The second-order valence-corrected chi connectivity index (χ2v) is 5.18. The Kier molecular flexibility index (Phi) is 5.14. The lowest BCUT2D eigenvalue weighted by Crippen LogP contribution is -2.05. The number of carbonyl (C=O) groups excluding carboxylic acids is 1. The molecule has 1 aromatic rings. The first-order valence-corrected chi connectivity index (χ1v) is 6.33. The molecule has 0 amide bonds. The number of carbonyl (C=O) groups is 1. The summed E-state index contributed by atoms with van der Waals surface area (Å²) in [6.45, 7) is 10.1. The second kappa shape index (κ2) is 6.39. The Hall–Kier alpha value is -1.57. The average Bonchev–Trinajstić information content (AvgIpc) is 2.26. The van der Waals surface area contributed by atoms with Gasteiger partial charge in [-0.05, 0) is 37.5 Å². The van der Waals surface area contributed by atoms with E-state index in [4.69, 9.17) is 4.74 Å². The summed E-state index contributed by atoms with van der Waals surface area (Å²) in [5.74, 6) is 1.26. The Morgan fingerprint density at radius 1 is 1.11 bits per heavy atom. The minimum absolute atomic E-state index is 0.285. The van der Waals surface area contributed by atoms with Gasteiger partial charge in [0.2, 0.25) is 0 Å². The Labute approximate surface area is 110 Å². The molecule has 1 unspecified atom stereocenters. The first-order valence-electron chi connectivity index (χ1n) is 6.33.